The largest absolute Gasteiger partial charge is 0.453 e. The maximum atomic E-state index is 10.9. The van der Waals surface area contributed by atoms with Crippen LogP contribution in [0.3, 0.4) is 0 Å². The fourth-order valence-electron chi connectivity index (χ4n) is 0.987. The van der Waals surface area contributed by atoms with Crippen LogP contribution in [0, 0.1) is 5.92 Å². The number of primary amides is 1. The Morgan fingerprint density at radius 2 is 1.93 bits per heavy atom. The minimum atomic E-state index is -0.634. The molecule has 0 aliphatic heterocycles. The minimum Gasteiger partial charge on any atom is -0.453 e. The van der Waals surface area contributed by atoms with Gasteiger partial charge in [-0.15, -0.1) is 0 Å². The second-order valence-corrected chi connectivity index (χ2v) is 3.56. The van der Waals surface area contributed by atoms with Gasteiger partial charge < -0.3 is 15.8 Å². The van der Waals surface area contributed by atoms with E-state index in [9.17, 15) is 9.59 Å². The lowest BCUT2D eigenvalue weighted by molar-refractivity contribution is -0.120. The molecule has 0 aliphatic rings. The summed E-state index contributed by atoms with van der Waals surface area (Å²) in [4.78, 5) is 21.7. The standard InChI is InChI=1S/C9H18N2O3/c1-6(2)4-5-7(8(10)12)11-9(13)14-3/h6-7H,4-5H2,1-3H3,(H2,10,12)(H,11,13). The number of ether oxygens (including phenoxy) is 1. The monoisotopic (exact) mass is 202 g/mol. The number of nitrogens with two attached hydrogens (primary N) is 1. The van der Waals surface area contributed by atoms with Crippen molar-refractivity contribution in [3.8, 4) is 0 Å². The molecule has 0 aromatic carbocycles. The van der Waals surface area contributed by atoms with E-state index in [1.54, 1.807) is 0 Å². The summed E-state index contributed by atoms with van der Waals surface area (Å²) in [6.45, 7) is 4.08. The Labute approximate surface area is 84.0 Å². The minimum absolute atomic E-state index is 0.469. The van der Waals surface area contributed by atoms with Crippen molar-refractivity contribution >= 4 is 12.0 Å². The highest BCUT2D eigenvalue weighted by molar-refractivity contribution is 5.84. The zero-order valence-electron chi connectivity index (χ0n) is 8.87. The van der Waals surface area contributed by atoms with E-state index in [4.69, 9.17) is 5.73 Å². The third-order valence-electron chi connectivity index (χ3n) is 1.85. The van der Waals surface area contributed by atoms with Gasteiger partial charge in [-0.3, -0.25) is 4.79 Å². The Hall–Kier alpha value is -1.26. The maximum absolute atomic E-state index is 10.9. The molecule has 14 heavy (non-hydrogen) atoms. The van der Waals surface area contributed by atoms with Gasteiger partial charge in [0.2, 0.25) is 5.91 Å². The average Bonchev–Trinajstić information content (AvgIpc) is 2.10. The number of methoxy groups -OCH3 is 1. The molecule has 0 radical (unpaired) electrons. The first-order valence-corrected chi connectivity index (χ1v) is 4.61. The highest BCUT2D eigenvalue weighted by Gasteiger charge is 2.18. The molecule has 0 aliphatic carbocycles. The molecule has 0 spiro atoms. The Morgan fingerprint density at radius 3 is 2.29 bits per heavy atom. The van der Waals surface area contributed by atoms with Gasteiger partial charge in [0.15, 0.2) is 0 Å². The predicted molar refractivity (Wildman–Crippen MR) is 52.6 cm³/mol. The van der Waals surface area contributed by atoms with Gasteiger partial charge in [0.25, 0.3) is 0 Å². The fourth-order valence-corrected chi connectivity index (χ4v) is 0.987. The van der Waals surface area contributed by atoms with Crippen molar-refractivity contribution in [2.24, 2.45) is 11.7 Å². The van der Waals surface area contributed by atoms with E-state index in [2.05, 4.69) is 10.1 Å². The SMILES string of the molecule is COC(=O)NC(CCC(C)C)C(N)=O. The molecule has 1 atom stereocenters. The van der Waals surface area contributed by atoms with Crippen LogP contribution in [0.25, 0.3) is 0 Å². The lowest BCUT2D eigenvalue weighted by Gasteiger charge is -2.15. The lowest BCUT2D eigenvalue weighted by Crippen LogP contribution is -2.44. The lowest BCUT2D eigenvalue weighted by atomic mass is 10.0. The Morgan fingerprint density at radius 1 is 1.36 bits per heavy atom. The number of carbonyl (C=O) groups excluding carboxylic acids is 2. The second-order valence-electron chi connectivity index (χ2n) is 3.56. The van der Waals surface area contributed by atoms with Crippen molar-refractivity contribution in [1.82, 2.24) is 5.32 Å². The summed E-state index contributed by atoms with van der Waals surface area (Å²) >= 11 is 0. The molecule has 0 heterocycles. The highest BCUT2D eigenvalue weighted by Crippen LogP contribution is 2.06. The van der Waals surface area contributed by atoms with Crippen LogP contribution in [0.5, 0.6) is 0 Å². The van der Waals surface area contributed by atoms with E-state index in [0.717, 1.165) is 6.42 Å². The Kier molecular flexibility index (Phi) is 5.67. The molecule has 0 saturated carbocycles. The summed E-state index contributed by atoms with van der Waals surface area (Å²) in [5.74, 6) is -0.0626. The van der Waals surface area contributed by atoms with Crippen LogP contribution in [-0.2, 0) is 9.53 Å². The van der Waals surface area contributed by atoms with Crippen LogP contribution in [0.15, 0.2) is 0 Å². The van der Waals surface area contributed by atoms with E-state index < -0.39 is 18.0 Å². The molecule has 1 unspecified atom stereocenters. The molecule has 2 amide bonds. The highest BCUT2D eigenvalue weighted by atomic mass is 16.5. The molecule has 5 heteroatoms. The fraction of sp³-hybridized carbons (Fsp3) is 0.778. The topological polar surface area (TPSA) is 81.4 Å². The van der Waals surface area contributed by atoms with Gasteiger partial charge in [-0.1, -0.05) is 13.8 Å². The third kappa shape index (κ3) is 5.40. The van der Waals surface area contributed by atoms with Crippen molar-refractivity contribution < 1.29 is 14.3 Å². The van der Waals surface area contributed by atoms with Crippen LogP contribution < -0.4 is 11.1 Å². The van der Waals surface area contributed by atoms with Crippen molar-refractivity contribution in [1.29, 1.82) is 0 Å². The molecule has 0 saturated heterocycles. The molecular weight excluding hydrogens is 184 g/mol. The zero-order chi connectivity index (χ0) is 11.1. The quantitative estimate of drug-likeness (QED) is 0.686. The number of hydrogen-bond acceptors (Lipinski definition) is 3. The number of nitrogens with one attached hydrogen (secondary N) is 1. The van der Waals surface area contributed by atoms with Crippen molar-refractivity contribution in [3.63, 3.8) is 0 Å². The molecule has 5 nitrogen and oxygen atoms in total. The van der Waals surface area contributed by atoms with Crippen molar-refractivity contribution in [2.45, 2.75) is 32.7 Å². The van der Waals surface area contributed by atoms with Gasteiger partial charge in [-0.25, -0.2) is 4.79 Å². The van der Waals surface area contributed by atoms with E-state index in [1.807, 2.05) is 13.8 Å². The molecule has 3 N–H and O–H groups in total. The van der Waals surface area contributed by atoms with Gasteiger partial charge in [0.05, 0.1) is 7.11 Å². The van der Waals surface area contributed by atoms with E-state index in [1.165, 1.54) is 7.11 Å². The van der Waals surface area contributed by atoms with Crippen LogP contribution in [-0.4, -0.2) is 25.2 Å². The number of hydrogen-bond donors (Lipinski definition) is 2. The Bertz CT molecular complexity index is 204. The van der Waals surface area contributed by atoms with Crippen molar-refractivity contribution in [3.05, 3.63) is 0 Å². The average molecular weight is 202 g/mol. The number of rotatable bonds is 5. The molecule has 0 rings (SSSR count). The summed E-state index contributed by atoms with van der Waals surface area (Å²) in [5, 5.41) is 2.39. The zero-order valence-corrected chi connectivity index (χ0v) is 8.87. The third-order valence-corrected chi connectivity index (χ3v) is 1.85. The molecule has 0 aromatic heterocycles. The van der Waals surface area contributed by atoms with E-state index in [-0.39, 0.29) is 0 Å². The smallest absolute Gasteiger partial charge is 0.407 e. The van der Waals surface area contributed by atoms with Gasteiger partial charge in [-0.2, -0.15) is 0 Å². The van der Waals surface area contributed by atoms with Crippen LogP contribution >= 0.6 is 0 Å². The van der Waals surface area contributed by atoms with Crippen molar-refractivity contribution in [2.75, 3.05) is 7.11 Å². The van der Waals surface area contributed by atoms with Crippen LogP contribution in [0.4, 0.5) is 4.79 Å². The Balaban J connectivity index is 4.03. The maximum Gasteiger partial charge on any atom is 0.407 e. The molecule has 0 bridgehead atoms. The predicted octanol–water partition coefficient (Wildman–Crippen LogP) is 0.632. The second kappa shape index (κ2) is 6.23. The van der Waals surface area contributed by atoms with Crippen LogP contribution in [0.2, 0.25) is 0 Å². The van der Waals surface area contributed by atoms with Gasteiger partial charge in [0.1, 0.15) is 6.04 Å². The van der Waals surface area contributed by atoms with E-state index >= 15 is 0 Å². The van der Waals surface area contributed by atoms with Gasteiger partial charge >= 0.3 is 6.09 Å². The molecular formula is C9H18N2O3. The number of alkyl carbamates (subject to hydrolysis) is 1. The normalized spacial score (nSPS) is 12.3. The molecule has 0 fully saturated rings. The first kappa shape index (κ1) is 12.7. The van der Waals surface area contributed by atoms with E-state index in [0.29, 0.717) is 12.3 Å². The van der Waals surface area contributed by atoms with Gasteiger partial charge in [-0.05, 0) is 18.8 Å². The summed E-state index contributed by atoms with van der Waals surface area (Å²) in [6, 6.07) is -0.634. The van der Waals surface area contributed by atoms with Crippen LogP contribution in [0.1, 0.15) is 26.7 Å². The summed E-state index contributed by atoms with van der Waals surface area (Å²) in [6.07, 6.45) is 0.747. The summed E-state index contributed by atoms with van der Waals surface area (Å²) in [7, 11) is 1.25. The summed E-state index contributed by atoms with van der Waals surface area (Å²) in [5.41, 5.74) is 5.12. The first-order valence-electron chi connectivity index (χ1n) is 4.61. The first-order chi connectivity index (χ1) is 6.47. The molecule has 0 aromatic rings. The molecule has 82 valence electrons. The number of carbonyl (C=O) groups is 2. The number of amides is 2. The summed E-state index contributed by atoms with van der Waals surface area (Å²) < 4.78 is 4.38. The van der Waals surface area contributed by atoms with Gasteiger partial charge in [0, 0.05) is 0 Å².